The molecule has 4 heteroatoms. The summed E-state index contributed by atoms with van der Waals surface area (Å²) >= 11 is 5.21. The van der Waals surface area contributed by atoms with Crippen LogP contribution < -0.4 is 0 Å². The Labute approximate surface area is 94.8 Å². The molecule has 2 nitrogen and oxygen atoms in total. The number of fused-ring (bicyclic) bond motifs is 1. The van der Waals surface area contributed by atoms with Gasteiger partial charge in [0.1, 0.15) is 0 Å². The van der Waals surface area contributed by atoms with Crippen LogP contribution in [0.2, 0.25) is 0 Å². The molecule has 14 heavy (non-hydrogen) atoms. The van der Waals surface area contributed by atoms with Crippen LogP contribution in [-0.2, 0) is 4.79 Å². The van der Waals surface area contributed by atoms with Crippen molar-refractivity contribution in [2.24, 2.45) is 0 Å². The quantitative estimate of drug-likeness (QED) is 0.899. The van der Waals surface area contributed by atoms with Crippen LogP contribution in [0.5, 0.6) is 0 Å². The minimum Gasteiger partial charge on any atom is -0.481 e. The second-order valence-corrected chi connectivity index (χ2v) is 5.15. The number of rotatable bonds is 2. The smallest absolute Gasteiger partial charge is 0.303 e. The van der Waals surface area contributed by atoms with Gasteiger partial charge in [0.05, 0.1) is 6.42 Å². The molecule has 0 aromatic heterocycles. The molecule has 0 radical (unpaired) electrons. The summed E-state index contributed by atoms with van der Waals surface area (Å²) in [5.74, 6) is 0.331. The van der Waals surface area contributed by atoms with E-state index in [-0.39, 0.29) is 12.3 Å². The number of carboxylic acids is 1. The lowest BCUT2D eigenvalue weighted by atomic mass is 9.98. The molecule has 0 bridgehead atoms. The molecule has 1 aromatic carbocycles. The summed E-state index contributed by atoms with van der Waals surface area (Å²) in [6.07, 6.45) is 0.233. The molecule has 2 rings (SSSR count). The monoisotopic (exact) mass is 272 g/mol. The highest BCUT2D eigenvalue weighted by atomic mass is 79.9. The molecule has 1 N–H and O–H groups in total. The van der Waals surface area contributed by atoms with E-state index in [2.05, 4.69) is 15.9 Å². The molecule has 1 unspecified atom stereocenters. The Morgan fingerprint density at radius 3 is 3.14 bits per heavy atom. The fourth-order valence-electron chi connectivity index (χ4n) is 1.65. The van der Waals surface area contributed by atoms with Crippen molar-refractivity contribution >= 4 is 33.7 Å². The van der Waals surface area contributed by atoms with Crippen LogP contribution in [0.25, 0.3) is 0 Å². The van der Waals surface area contributed by atoms with Gasteiger partial charge in [0.15, 0.2) is 0 Å². The van der Waals surface area contributed by atoms with Crippen molar-refractivity contribution in [1.29, 1.82) is 0 Å². The Balaban J connectivity index is 2.30. The van der Waals surface area contributed by atoms with Gasteiger partial charge in [-0.15, -0.1) is 11.8 Å². The normalized spacial score (nSPS) is 19.4. The second-order valence-electron chi connectivity index (χ2n) is 3.26. The first kappa shape index (κ1) is 10.1. The van der Waals surface area contributed by atoms with Crippen LogP contribution in [0.15, 0.2) is 27.6 Å². The fourth-order valence-corrected chi connectivity index (χ4v) is 3.65. The van der Waals surface area contributed by atoms with Crippen LogP contribution in [-0.4, -0.2) is 16.8 Å². The second kappa shape index (κ2) is 3.95. The molecule has 1 aliphatic rings. The molecule has 1 aromatic rings. The SMILES string of the molecule is O=C(O)CC1CSc2c(Br)cccc21. The lowest BCUT2D eigenvalue weighted by molar-refractivity contribution is -0.137. The van der Waals surface area contributed by atoms with Gasteiger partial charge in [0.2, 0.25) is 0 Å². The van der Waals surface area contributed by atoms with E-state index in [1.165, 1.54) is 10.5 Å². The zero-order valence-corrected chi connectivity index (χ0v) is 9.77. The third-order valence-electron chi connectivity index (χ3n) is 2.29. The average molecular weight is 273 g/mol. The molecule has 1 aliphatic heterocycles. The third-order valence-corrected chi connectivity index (χ3v) is 4.52. The number of thioether (sulfide) groups is 1. The summed E-state index contributed by atoms with van der Waals surface area (Å²) in [5, 5.41) is 8.75. The van der Waals surface area contributed by atoms with Crippen molar-refractivity contribution < 1.29 is 9.90 Å². The van der Waals surface area contributed by atoms with Crippen LogP contribution in [0.1, 0.15) is 17.9 Å². The van der Waals surface area contributed by atoms with Gasteiger partial charge in [0, 0.05) is 21.0 Å². The van der Waals surface area contributed by atoms with Crippen molar-refractivity contribution in [3.8, 4) is 0 Å². The molecular weight excluding hydrogens is 264 g/mol. The summed E-state index contributed by atoms with van der Waals surface area (Å²) in [6.45, 7) is 0. The number of benzene rings is 1. The van der Waals surface area contributed by atoms with Crippen LogP contribution in [0.3, 0.4) is 0 Å². The predicted octanol–water partition coefficient (Wildman–Crippen LogP) is 3.11. The molecule has 0 saturated heterocycles. The highest BCUT2D eigenvalue weighted by Gasteiger charge is 2.26. The zero-order valence-electron chi connectivity index (χ0n) is 7.37. The van der Waals surface area contributed by atoms with Gasteiger partial charge < -0.3 is 5.11 Å². The molecule has 0 amide bonds. The van der Waals surface area contributed by atoms with Crippen LogP contribution in [0, 0.1) is 0 Å². The van der Waals surface area contributed by atoms with E-state index >= 15 is 0 Å². The zero-order chi connectivity index (χ0) is 10.1. The van der Waals surface area contributed by atoms with Crippen LogP contribution in [0.4, 0.5) is 0 Å². The fraction of sp³-hybridized carbons (Fsp3) is 0.300. The van der Waals surface area contributed by atoms with Gasteiger partial charge in [-0.25, -0.2) is 0 Å². The number of aliphatic carboxylic acids is 1. The average Bonchev–Trinajstić information content (AvgIpc) is 2.49. The molecular formula is C10H9BrO2S. The summed E-state index contributed by atoms with van der Waals surface area (Å²) in [7, 11) is 0. The van der Waals surface area contributed by atoms with Gasteiger partial charge in [0.25, 0.3) is 0 Å². The van der Waals surface area contributed by atoms with Gasteiger partial charge in [-0.1, -0.05) is 12.1 Å². The largest absolute Gasteiger partial charge is 0.481 e. The Morgan fingerprint density at radius 1 is 1.64 bits per heavy atom. The van der Waals surface area contributed by atoms with E-state index < -0.39 is 5.97 Å². The summed E-state index contributed by atoms with van der Waals surface area (Å²) in [5.41, 5.74) is 1.17. The first-order chi connectivity index (χ1) is 6.68. The first-order valence-corrected chi connectivity index (χ1v) is 6.09. The van der Waals surface area contributed by atoms with Crippen LogP contribution >= 0.6 is 27.7 Å². The Hall–Kier alpha value is -0.480. The van der Waals surface area contributed by atoms with E-state index in [1.54, 1.807) is 11.8 Å². The molecule has 0 aliphatic carbocycles. The number of carboxylic acid groups (broad SMARTS) is 1. The minimum absolute atomic E-state index is 0.171. The van der Waals surface area contributed by atoms with Crippen molar-refractivity contribution in [3.05, 3.63) is 28.2 Å². The van der Waals surface area contributed by atoms with E-state index in [9.17, 15) is 4.79 Å². The lowest BCUT2D eigenvalue weighted by Crippen LogP contribution is -2.05. The van der Waals surface area contributed by atoms with Gasteiger partial charge in [-0.05, 0) is 27.6 Å². The van der Waals surface area contributed by atoms with Crippen molar-refractivity contribution in [2.45, 2.75) is 17.2 Å². The molecule has 1 atom stereocenters. The minimum atomic E-state index is -0.719. The lowest BCUT2D eigenvalue weighted by Gasteiger charge is -2.07. The van der Waals surface area contributed by atoms with Crippen molar-refractivity contribution in [3.63, 3.8) is 0 Å². The molecule has 1 heterocycles. The van der Waals surface area contributed by atoms with Gasteiger partial charge >= 0.3 is 5.97 Å². The molecule has 0 saturated carbocycles. The summed E-state index contributed by atoms with van der Waals surface area (Å²) < 4.78 is 1.08. The highest BCUT2D eigenvalue weighted by Crippen LogP contribution is 2.44. The van der Waals surface area contributed by atoms with E-state index in [0.717, 1.165) is 10.2 Å². The van der Waals surface area contributed by atoms with Crippen molar-refractivity contribution in [2.75, 3.05) is 5.75 Å². The highest BCUT2D eigenvalue weighted by molar-refractivity contribution is 9.10. The number of hydrogen-bond acceptors (Lipinski definition) is 2. The Bertz CT molecular complexity index is 378. The van der Waals surface area contributed by atoms with E-state index in [4.69, 9.17) is 5.11 Å². The first-order valence-electron chi connectivity index (χ1n) is 4.31. The topological polar surface area (TPSA) is 37.3 Å². The maximum absolute atomic E-state index is 10.6. The Morgan fingerprint density at radius 2 is 2.43 bits per heavy atom. The summed E-state index contributed by atoms with van der Waals surface area (Å²) in [4.78, 5) is 11.8. The van der Waals surface area contributed by atoms with Gasteiger partial charge in [-0.3, -0.25) is 4.79 Å². The van der Waals surface area contributed by atoms with Gasteiger partial charge in [-0.2, -0.15) is 0 Å². The predicted molar refractivity (Wildman–Crippen MR) is 59.9 cm³/mol. The number of carbonyl (C=O) groups is 1. The summed E-state index contributed by atoms with van der Waals surface area (Å²) in [6, 6.07) is 5.98. The third kappa shape index (κ3) is 1.81. The standard InChI is InChI=1S/C10H9BrO2S/c11-8-3-1-2-7-6(4-9(12)13)5-14-10(7)8/h1-3,6H,4-5H2,(H,12,13). The maximum atomic E-state index is 10.6. The van der Waals surface area contributed by atoms with Crippen molar-refractivity contribution in [1.82, 2.24) is 0 Å². The van der Waals surface area contributed by atoms with E-state index in [1.807, 2.05) is 18.2 Å². The maximum Gasteiger partial charge on any atom is 0.303 e. The number of hydrogen-bond donors (Lipinski definition) is 1. The molecule has 0 fully saturated rings. The molecule has 74 valence electrons. The Kier molecular flexibility index (Phi) is 2.83. The molecule has 0 spiro atoms. The van der Waals surface area contributed by atoms with E-state index in [0.29, 0.717) is 0 Å². The number of halogens is 1.